The summed E-state index contributed by atoms with van der Waals surface area (Å²) in [6.07, 6.45) is 0. The van der Waals surface area contributed by atoms with Gasteiger partial charge in [0.05, 0.1) is 16.1 Å². The van der Waals surface area contributed by atoms with Crippen molar-refractivity contribution in [1.29, 1.82) is 0 Å². The van der Waals surface area contributed by atoms with Crippen LogP contribution in [0.1, 0.15) is 0 Å². The van der Waals surface area contributed by atoms with E-state index in [1.165, 1.54) is 36.4 Å². The van der Waals surface area contributed by atoms with E-state index in [0.29, 0.717) is 10.9 Å². The Hall–Kier alpha value is -3.40. The second-order valence-corrected chi connectivity index (χ2v) is 5.31. The summed E-state index contributed by atoms with van der Waals surface area (Å²) in [6.45, 7) is 0. The number of anilines is 1. The molecular weight excluding hydrogens is 349 g/mol. The Morgan fingerprint density at radius 1 is 1.32 bits per heavy atom. The molecule has 1 heterocycles. The number of nitro benzene ring substituents is 1. The van der Waals surface area contributed by atoms with Crippen molar-refractivity contribution in [2.24, 2.45) is 10.2 Å². The first-order chi connectivity index (χ1) is 12.0. The van der Waals surface area contributed by atoms with E-state index in [-0.39, 0.29) is 28.1 Å². The molecule has 25 heavy (non-hydrogen) atoms. The zero-order valence-corrected chi connectivity index (χ0v) is 13.2. The fraction of sp³-hybridized carbons (Fsp3) is 0. The molecule has 0 aliphatic rings. The zero-order valence-electron chi connectivity index (χ0n) is 12.4. The van der Waals surface area contributed by atoms with E-state index in [4.69, 9.17) is 12.2 Å². The first-order valence-corrected chi connectivity index (χ1v) is 7.33. The summed E-state index contributed by atoms with van der Waals surface area (Å²) in [4.78, 5) is 12.9. The lowest BCUT2D eigenvalue weighted by Gasteiger charge is -2.03. The highest BCUT2D eigenvalue weighted by molar-refractivity contribution is 7.80. The third kappa shape index (κ3) is 3.43. The maximum absolute atomic E-state index is 13.6. The molecule has 8 nitrogen and oxygen atoms in total. The lowest BCUT2D eigenvalue weighted by Crippen LogP contribution is -2.06. The minimum absolute atomic E-state index is 0.00335. The van der Waals surface area contributed by atoms with Crippen molar-refractivity contribution in [3.63, 3.8) is 0 Å². The SMILES string of the molecule is O=[N+]([O-])c1ccc2[nH]c(O)c(N=NC(=S)Nc3ccccc3F)c2c1. The lowest BCUT2D eigenvalue weighted by atomic mass is 10.2. The zero-order chi connectivity index (χ0) is 18.0. The third-order valence-electron chi connectivity index (χ3n) is 3.30. The average Bonchev–Trinajstić information content (AvgIpc) is 2.89. The molecule has 3 aromatic rings. The topological polar surface area (TPSA) is 116 Å². The molecule has 2 aromatic carbocycles. The number of rotatable bonds is 3. The monoisotopic (exact) mass is 359 g/mol. The summed E-state index contributed by atoms with van der Waals surface area (Å²) in [7, 11) is 0. The Labute approximate surface area is 145 Å². The number of azo groups is 1. The molecule has 0 spiro atoms. The number of para-hydroxylation sites is 1. The fourth-order valence-corrected chi connectivity index (χ4v) is 2.32. The number of H-pyrrole nitrogens is 1. The van der Waals surface area contributed by atoms with E-state index in [1.807, 2.05) is 0 Å². The summed E-state index contributed by atoms with van der Waals surface area (Å²) in [5.41, 5.74) is 0.418. The predicted molar refractivity (Wildman–Crippen MR) is 93.8 cm³/mol. The van der Waals surface area contributed by atoms with Gasteiger partial charge in [-0.25, -0.2) is 4.39 Å². The Morgan fingerprint density at radius 2 is 2.08 bits per heavy atom. The van der Waals surface area contributed by atoms with Crippen LogP contribution in [0.3, 0.4) is 0 Å². The second kappa shape index (κ2) is 6.61. The van der Waals surface area contributed by atoms with Crippen molar-refractivity contribution >= 4 is 45.3 Å². The van der Waals surface area contributed by atoms with Crippen molar-refractivity contribution in [1.82, 2.24) is 4.98 Å². The van der Waals surface area contributed by atoms with E-state index in [1.54, 1.807) is 6.07 Å². The summed E-state index contributed by atoms with van der Waals surface area (Å²) in [6, 6.07) is 9.88. The molecule has 0 amide bonds. The first-order valence-electron chi connectivity index (χ1n) is 6.92. The van der Waals surface area contributed by atoms with Crippen LogP contribution in [0.2, 0.25) is 0 Å². The number of hydrogen-bond acceptors (Lipinski definition) is 5. The number of aromatic amines is 1. The van der Waals surface area contributed by atoms with Crippen LogP contribution in [-0.4, -0.2) is 20.1 Å². The second-order valence-electron chi connectivity index (χ2n) is 4.92. The van der Waals surface area contributed by atoms with E-state index in [0.717, 1.165) is 0 Å². The van der Waals surface area contributed by atoms with Gasteiger partial charge < -0.3 is 15.4 Å². The number of non-ortho nitro benzene ring substituents is 1. The van der Waals surface area contributed by atoms with Crippen LogP contribution in [0, 0.1) is 15.9 Å². The molecule has 0 radical (unpaired) electrons. The van der Waals surface area contributed by atoms with Crippen molar-refractivity contribution in [3.8, 4) is 5.88 Å². The molecule has 10 heteroatoms. The molecule has 0 unspecified atom stereocenters. The van der Waals surface area contributed by atoms with Crippen molar-refractivity contribution in [2.45, 2.75) is 0 Å². The molecule has 0 saturated carbocycles. The van der Waals surface area contributed by atoms with Gasteiger partial charge in [0.2, 0.25) is 11.0 Å². The Balaban J connectivity index is 1.89. The molecule has 0 fully saturated rings. The number of nitro groups is 1. The Morgan fingerprint density at radius 3 is 2.80 bits per heavy atom. The molecule has 0 aliphatic heterocycles. The largest absolute Gasteiger partial charge is 0.493 e. The molecular formula is C15H10FN5O3S. The Kier molecular flexibility index (Phi) is 4.35. The van der Waals surface area contributed by atoms with Crippen LogP contribution in [-0.2, 0) is 0 Å². The van der Waals surface area contributed by atoms with E-state index in [9.17, 15) is 19.6 Å². The number of nitrogens with zero attached hydrogens (tertiary/aromatic N) is 3. The maximum Gasteiger partial charge on any atom is 0.270 e. The smallest absolute Gasteiger partial charge is 0.270 e. The number of hydrogen-bond donors (Lipinski definition) is 3. The van der Waals surface area contributed by atoms with E-state index >= 15 is 0 Å². The van der Waals surface area contributed by atoms with E-state index in [2.05, 4.69) is 20.5 Å². The van der Waals surface area contributed by atoms with E-state index < -0.39 is 10.7 Å². The number of fused-ring (bicyclic) bond motifs is 1. The minimum Gasteiger partial charge on any atom is -0.493 e. The van der Waals surface area contributed by atoms with Crippen molar-refractivity contribution in [2.75, 3.05) is 5.32 Å². The number of halogens is 1. The molecule has 1 aromatic heterocycles. The average molecular weight is 359 g/mol. The highest BCUT2D eigenvalue weighted by Gasteiger charge is 2.15. The van der Waals surface area contributed by atoms with Gasteiger partial charge in [-0.2, -0.15) is 0 Å². The van der Waals surface area contributed by atoms with Crippen molar-refractivity contribution in [3.05, 3.63) is 58.4 Å². The highest BCUT2D eigenvalue weighted by atomic mass is 32.1. The van der Waals surface area contributed by atoms with Crippen molar-refractivity contribution < 1.29 is 14.4 Å². The summed E-state index contributed by atoms with van der Waals surface area (Å²) >= 11 is 4.96. The molecule has 0 saturated heterocycles. The lowest BCUT2D eigenvalue weighted by molar-refractivity contribution is -0.384. The van der Waals surface area contributed by atoms with Gasteiger partial charge in [-0.15, -0.1) is 10.2 Å². The van der Waals surface area contributed by atoms with Crippen LogP contribution in [0.25, 0.3) is 10.9 Å². The molecule has 0 bridgehead atoms. The summed E-state index contributed by atoms with van der Waals surface area (Å²) in [5.74, 6) is -0.821. The van der Waals surface area contributed by atoms with Gasteiger partial charge in [0, 0.05) is 17.5 Å². The molecule has 0 aliphatic carbocycles. The van der Waals surface area contributed by atoms with Crippen LogP contribution >= 0.6 is 12.2 Å². The normalized spacial score (nSPS) is 11.1. The minimum atomic E-state index is -0.561. The fourth-order valence-electron chi connectivity index (χ4n) is 2.16. The Bertz CT molecular complexity index is 1020. The van der Waals surface area contributed by atoms with Gasteiger partial charge in [-0.3, -0.25) is 10.1 Å². The van der Waals surface area contributed by atoms with Gasteiger partial charge >= 0.3 is 0 Å². The number of aromatic nitrogens is 1. The maximum atomic E-state index is 13.6. The quantitative estimate of drug-likeness (QED) is 0.277. The molecule has 0 atom stereocenters. The molecule has 126 valence electrons. The standard InChI is InChI=1S/C15H10FN5O3S/c16-10-3-1-2-4-12(10)18-15(25)20-19-13-9-7-8(21(23)24)5-6-11(9)17-14(13)22/h1-7,17,22H,(H,18,25). The predicted octanol–water partition coefficient (Wildman–Crippen LogP) is 4.40. The summed E-state index contributed by atoms with van der Waals surface area (Å²) in [5, 5.41) is 31.1. The van der Waals surface area contributed by atoms with Gasteiger partial charge in [0.15, 0.2) is 5.69 Å². The van der Waals surface area contributed by atoms with Crippen LogP contribution in [0.4, 0.5) is 21.5 Å². The number of aromatic hydroxyl groups is 1. The number of thiocarbonyl (C=S) groups is 1. The van der Waals surface area contributed by atoms with Crippen LogP contribution < -0.4 is 5.32 Å². The first kappa shape index (κ1) is 16.5. The third-order valence-corrected chi connectivity index (χ3v) is 3.49. The van der Waals surface area contributed by atoms with Crippen LogP contribution in [0.15, 0.2) is 52.7 Å². The van der Waals surface area contributed by atoms with Gasteiger partial charge in [-0.1, -0.05) is 12.1 Å². The number of nitrogens with one attached hydrogen (secondary N) is 2. The number of benzene rings is 2. The van der Waals surface area contributed by atoms with Gasteiger partial charge in [-0.05, 0) is 30.4 Å². The molecule has 3 rings (SSSR count). The van der Waals surface area contributed by atoms with Gasteiger partial charge in [0.25, 0.3) is 5.69 Å². The summed E-state index contributed by atoms with van der Waals surface area (Å²) < 4.78 is 13.6. The van der Waals surface area contributed by atoms with Crippen LogP contribution in [0.5, 0.6) is 5.88 Å². The molecule has 3 N–H and O–H groups in total. The van der Waals surface area contributed by atoms with Gasteiger partial charge in [0.1, 0.15) is 5.82 Å². The highest BCUT2D eigenvalue weighted by Crippen LogP contribution is 2.37.